The predicted molar refractivity (Wildman–Crippen MR) is 365 cm³/mol. The van der Waals surface area contributed by atoms with Crippen LogP contribution in [-0.2, 0) is 10.8 Å². The number of nitrogens with zero attached hydrogens (tertiary/aromatic N) is 4. The third-order valence-corrected chi connectivity index (χ3v) is 19.8. The van der Waals surface area contributed by atoms with E-state index in [0.717, 1.165) is 34.1 Å². The molecule has 12 aromatic carbocycles. The van der Waals surface area contributed by atoms with Gasteiger partial charge >= 0.3 is 0 Å². The maximum absolute atomic E-state index is 2.43. The molecule has 404 valence electrons. The number of rotatable bonds is 8. The average Bonchev–Trinajstić information content (AvgIpc) is 2.15. The van der Waals surface area contributed by atoms with Gasteiger partial charge in [0.15, 0.2) is 0 Å². The molecule has 0 aliphatic carbocycles. The summed E-state index contributed by atoms with van der Waals surface area (Å²) in [6, 6.07) is 95.1. The van der Waals surface area contributed by atoms with Crippen LogP contribution in [0.15, 0.2) is 255 Å². The molecule has 4 nitrogen and oxygen atoms in total. The monoisotopic (exact) mass is 1120 g/mol. The lowest BCUT2D eigenvalue weighted by atomic mass is 9.87. The van der Waals surface area contributed by atoms with Crippen molar-refractivity contribution in [3.63, 3.8) is 0 Å². The fraction of sp³-hybridized carbons (Fsp3) is 0.103. The summed E-state index contributed by atoms with van der Waals surface area (Å²) in [5, 5.41) is 12.7. The Morgan fingerprint density at radius 2 is 0.607 bits per heavy atom. The van der Waals surface area contributed by atoms with Crippen molar-refractivity contribution in [3.8, 4) is 11.4 Å². The van der Waals surface area contributed by atoms with E-state index >= 15 is 0 Å². The van der Waals surface area contributed by atoms with E-state index in [4.69, 9.17) is 0 Å². The number of benzene rings is 12. The van der Waals surface area contributed by atoms with Crippen molar-refractivity contribution in [2.75, 3.05) is 9.80 Å². The maximum atomic E-state index is 2.43. The van der Waals surface area contributed by atoms with E-state index in [1.165, 1.54) is 117 Å². The van der Waals surface area contributed by atoms with Gasteiger partial charge in [0.25, 0.3) is 0 Å². The van der Waals surface area contributed by atoms with Gasteiger partial charge in [0.05, 0.1) is 22.1 Å². The molecule has 0 aliphatic rings. The second-order valence-corrected chi connectivity index (χ2v) is 26.7. The molecule has 0 unspecified atom stereocenters. The molecule has 0 saturated carbocycles. The van der Waals surface area contributed by atoms with Gasteiger partial charge in [0.2, 0.25) is 0 Å². The molecule has 16 aromatic rings. The lowest BCUT2D eigenvalue weighted by molar-refractivity contribution is 0.589. The summed E-state index contributed by atoms with van der Waals surface area (Å²) in [4.78, 5) is 4.85. The van der Waals surface area contributed by atoms with Crippen molar-refractivity contribution >= 4 is 152 Å². The Labute approximate surface area is 496 Å². The van der Waals surface area contributed by atoms with Gasteiger partial charge in [-0.1, -0.05) is 175 Å². The second kappa shape index (κ2) is 19.0. The normalized spacial score (nSPS) is 12.4. The first-order valence-electron chi connectivity index (χ1n) is 29.1. The van der Waals surface area contributed by atoms with Crippen LogP contribution in [0.3, 0.4) is 0 Å². The second-order valence-electron chi connectivity index (χ2n) is 24.6. The number of anilines is 6. The molecule has 16 rings (SSSR count). The summed E-state index contributed by atoms with van der Waals surface area (Å²) in [5.41, 5.74) is 16.6. The molecule has 4 aromatic heterocycles. The van der Waals surface area contributed by atoms with Gasteiger partial charge in [-0.15, -0.1) is 22.7 Å². The van der Waals surface area contributed by atoms with E-state index in [0.29, 0.717) is 0 Å². The van der Waals surface area contributed by atoms with E-state index in [1.807, 2.05) is 22.7 Å². The lowest BCUT2D eigenvalue weighted by Gasteiger charge is -2.26. The van der Waals surface area contributed by atoms with Gasteiger partial charge in [-0.3, -0.25) is 0 Å². The molecule has 0 aliphatic heterocycles. The number of hydrogen-bond donors (Lipinski definition) is 0. The molecule has 0 bridgehead atoms. The van der Waals surface area contributed by atoms with Crippen LogP contribution in [0, 0.1) is 0 Å². The molecule has 0 saturated heterocycles. The molecule has 0 amide bonds. The standard InChI is InChI=1S/C78H60N4S2/c1-77(2,3)49-19-17-25-53(43-49)81-69-29-15-13-27-59(69)67-45-55(33-41-71(67)81)79(51-21-9-7-10-22-51)57-31-35-61-63-37-39-66-65(75(63)83-73(61)47-57)40-38-64-62-36-32-58(48-74(62)84-76(64)66)80(52-23-11-8-12-24-52)56-34-42-72-68(46-56)60-28-14-16-30-70(60)82(72)54-26-18-20-50(44-54)78(4,5)6/h7-48H,1-6H3. The van der Waals surface area contributed by atoms with Gasteiger partial charge in [0, 0.05) is 118 Å². The van der Waals surface area contributed by atoms with Gasteiger partial charge < -0.3 is 18.9 Å². The van der Waals surface area contributed by atoms with Crippen LogP contribution in [0.5, 0.6) is 0 Å². The minimum Gasteiger partial charge on any atom is -0.310 e. The summed E-state index contributed by atoms with van der Waals surface area (Å²) < 4.78 is 10.1. The first-order chi connectivity index (χ1) is 40.9. The van der Waals surface area contributed by atoms with Crippen molar-refractivity contribution in [2.45, 2.75) is 52.4 Å². The summed E-state index contributed by atoms with van der Waals surface area (Å²) >= 11 is 3.82. The van der Waals surface area contributed by atoms with E-state index in [-0.39, 0.29) is 10.8 Å². The van der Waals surface area contributed by atoms with Gasteiger partial charge in [-0.25, -0.2) is 0 Å². The van der Waals surface area contributed by atoms with Crippen molar-refractivity contribution < 1.29 is 0 Å². The first-order valence-corrected chi connectivity index (χ1v) is 30.8. The molecule has 84 heavy (non-hydrogen) atoms. The van der Waals surface area contributed by atoms with Crippen LogP contribution in [0.25, 0.3) is 106 Å². The molecule has 0 radical (unpaired) electrons. The fourth-order valence-electron chi connectivity index (χ4n) is 13.2. The Kier molecular flexibility index (Phi) is 11.4. The molecule has 0 spiro atoms. The predicted octanol–water partition coefficient (Wildman–Crippen LogP) is 23.3. The average molecular weight is 1120 g/mol. The third-order valence-electron chi connectivity index (χ3n) is 17.4. The zero-order valence-corrected chi connectivity index (χ0v) is 49.5. The lowest BCUT2D eigenvalue weighted by Crippen LogP contribution is -2.11. The Morgan fingerprint density at radius 3 is 1.02 bits per heavy atom. The van der Waals surface area contributed by atoms with E-state index in [9.17, 15) is 0 Å². The minimum absolute atomic E-state index is 0.0376. The summed E-state index contributed by atoms with van der Waals surface area (Å²) in [6.45, 7) is 13.7. The van der Waals surface area contributed by atoms with E-state index < -0.39 is 0 Å². The highest BCUT2D eigenvalue weighted by molar-refractivity contribution is 7.28. The van der Waals surface area contributed by atoms with Crippen LogP contribution >= 0.6 is 22.7 Å². The van der Waals surface area contributed by atoms with Gasteiger partial charge in [-0.2, -0.15) is 0 Å². The molecule has 0 atom stereocenters. The van der Waals surface area contributed by atoms with Gasteiger partial charge in [0.1, 0.15) is 0 Å². The van der Waals surface area contributed by atoms with Crippen molar-refractivity contribution in [1.82, 2.24) is 9.13 Å². The quantitative estimate of drug-likeness (QED) is 0.151. The van der Waals surface area contributed by atoms with Crippen LogP contribution < -0.4 is 9.80 Å². The third kappa shape index (κ3) is 8.07. The van der Waals surface area contributed by atoms with E-state index in [1.54, 1.807) is 0 Å². The topological polar surface area (TPSA) is 16.3 Å². The largest absolute Gasteiger partial charge is 0.310 e. The van der Waals surface area contributed by atoms with Crippen LogP contribution in [0.2, 0.25) is 0 Å². The maximum Gasteiger partial charge on any atom is 0.0542 e. The Bertz CT molecular complexity index is 4960. The van der Waals surface area contributed by atoms with Crippen molar-refractivity contribution in [2.24, 2.45) is 0 Å². The number of hydrogen-bond acceptors (Lipinski definition) is 4. The van der Waals surface area contributed by atoms with Crippen LogP contribution in [0.4, 0.5) is 34.1 Å². The molecule has 4 heterocycles. The smallest absolute Gasteiger partial charge is 0.0542 e. The molecule has 0 N–H and O–H groups in total. The Hall–Kier alpha value is -9.46. The Morgan fingerprint density at radius 1 is 0.262 bits per heavy atom. The summed E-state index contributed by atoms with van der Waals surface area (Å²) in [5.74, 6) is 0. The SMILES string of the molecule is CC(C)(C)c1cccc(-n2c3ccccc3c3cc(N(c4ccccc4)c4ccc5c(c4)sc4c5ccc5c4ccc4c6ccc(N(c7ccccc7)c7ccc8c(c7)c7ccccc7n8-c7cccc(C(C)(C)C)c7)cc6sc45)ccc32)c1. The first kappa shape index (κ1) is 50.3. The minimum atomic E-state index is 0.0376. The fourth-order valence-corrected chi connectivity index (χ4v) is 15.7. The number of para-hydroxylation sites is 4. The molecular formula is C78H60N4S2. The van der Waals surface area contributed by atoms with Gasteiger partial charge in [-0.05, 0) is 143 Å². The summed E-state index contributed by atoms with van der Waals surface area (Å²) in [6.07, 6.45) is 0. The number of thiophene rings is 2. The van der Waals surface area contributed by atoms with Crippen molar-refractivity contribution in [3.05, 3.63) is 266 Å². The highest BCUT2D eigenvalue weighted by Gasteiger charge is 2.24. The highest BCUT2D eigenvalue weighted by Crippen LogP contribution is 2.49. The Balaban J connectivity index is 0.791. The van der Waals surface area contributed by atoms with Crippen molar-refractivity contribution in [1.29, 1.82) is 0 Å². The summed E-state index contributed by atoms with van der Waals surface area (Å²) in [7, 11) is 0. The van der Waals surface area contributed by atoms with E-state index in [2.05, 4.69) is 315 Å². The number of aromatic nitrogens is 2. The number of fused-ring (bicyclic) bond motifs is 15. The zero-order chi connectivity index (χ0) is 56.6. The molecular weight excluding hydrogens is 1060 g/mol. The van der Waals surface area contributed by atoms with Crippen LogP contribution in [0.1, 0.15) is 52.7 Å². The molecule has 6 heteroatoms. The zero-order valence-electron chi connectivity index (χ0n) is 47.9. The van der Waals surface area contributed by atoms with Crippen LogP contribution in [-0.4, -0.2) is 9.13 Å². The highest BCUT2D eigenvalue weighted by atomic mass is 32.1. The molecule has 0 fully saturated rings.